The number of anilines is 1. The number of amides is 1. The fourth-order valence-electron chi connectivity index (χ4n) is 2.40. The number of carbonyl (C=O) groups is 1. The quantitative estimate of drug-likeness (QED) is 0.419. The number of rotatable bonds is 4. The molecular formula is C12H16N4O4. The molecule has 0 radical (unpaired) electrons. The lowest BCUT2D eigenvalue weighted by molar-refractivity contribution is -0.384. The summed E-state index contributed by atoms with van der Waals surface area (Å²) in [4.78, 5) is 24.2. The van der Waals surface area contributed by atoms with Crippen LogP contribution in [0.25, 0.3) is 0 Å². The topological polar surface area (TPSA) is 122 Å². The van der Waals surface area contributed by atoms with Crippen molar-refractivity contribution < 1.29 is 14.8 Å². The first-order valence-electron chi connectivity index (χ1n) is 6.25. The third-order valence-electron chi connectivity index (χ3n) is 3.45. The summed E-state index contributed by atoms with van der Waals surface area (Å²) in [5, 5.41) is 20.1. The molecule has 0 saturated carbocycles. The van der Waals surface area contributed by atoms with Crippen molar-refractivity contribution in [3.8, 4) is 0 Å². The fourth-order valence-corrected chi connectivity index (χ4v) is 2.40. The zero-order valence-corrected chi connectivity index (χ0v) is 10.8. The van der Waals surface area contributed by atoms with Gasteiger partial charge in [0.2, 0.25) is 0 Å². The molecule has 8 nitrogen and oxygen atoms in total. The van der Waals surface area contributed by atoms with E-state index in [9.17, 15) is 20.0 Å². The molecule has 0 bridgehead atoms. The van der Waals surface area contributed by atoms with E-state index in [2.05, 4.69) is 5.43 Å². The van der Waals surface area contributed by atoms with E-state index in [-0.39, 0.29) is 29.8 Å². The first kappa shape index (κ1) is 14.2. The van der Waals surface area contributed by atoms with E-state index >= 15 is 0 Å². The normalized spacial score (nSPS) is 18.1. The fraction of sp³-hybridized carbons (Fsp3) is 0.417. The number of non-ortho nitro benzene ring substituents is 1. The number of hydrogen-bond acceptors (Lipinski definition) is 6. The Bertz CT molecular complexity index is 534. The van der Waals surface area contributed by atoms with Gasteiger partial charge in [-0.1, -0.05) is 0 Å². The summed E-state index contributed by atoms with van der Waals surface area (Å²) in [6, 6.07) is 3.63. The second kappa shape index (κ2) is 5.85. The van der Waals surface area contributed by atoms with Gasteiger partial charge in [-0.15, -0.1) is 0 Å². The van der Waals surface area contributed by atoms with Gasteiger partial charge in [0.05, 0.1) is 28.8 Å². The number of nitrogens with two attached hydrogens (primary N) is 1. The third-order valence-corrected chi connectivity index (χ3v) is 3.45. The molecule has 1 saturated heterocycles. The van der Waals surface area contributed by atoms with Gasteiger partial charge in [-0.25, -0.2) is 0 Å². The average Bonchev–Trinajstić information content (AvgIpc) is 2.94. The van der Waals surface area contributed by atoms with Gasteiger partial charge < -0.3 is 15.4 Å². The molecule has 0 aromatic heterocycles. The molecule has 8 heteroatoms. The van der Waals surface area contributed by atoms with Gasteiger partial charge in [-0.3, -0.25) is 20.8 Å². The van der Waals surface area contributed by atoms with Crippen molar-refractivity contribution in [3.63, 3.8) is 0 Å². The molecule has 1 fully saturated rings. The predicted molar refractivity (Wildman–Crippen MR) is 72.1 cm³/mol. The molecular weight excluding hydrogens is 264 g/mol. The van der Waals surface area contributed by atoms with Crippen LogP contribution in [0.2, 0.25) is 0 Å². The Hall–Kier alpha value is -2.19. The summed E-state index contributed by atoms with van der Waals surface area (Å²) in [6.07, 6.45) is 1.53. The van der Waals surface area contributed by atoms with E-state index in [4.69, 9.17) is 5.84 Å². The summed E-state index contributed by atoms with van der Waals surface area (Å²) < 4.78 is 0. The molecule has 20 heavy (non-hydrogen) atoms. The minimum Gasteiger partial charge on any atom is -0.394 e. The number of aliphatic hydroxyl groups is 1. The third kappa shape index (κ3) is 2.56. The molecule has 1 unspecified atom stereocenters. The molecule has 1 aliphatic rings. The van der Waals surface area contributed by atoms with Crippen LogP contribution in [0, 0.1) is 10.1 Å². The Labute approximate surface area is 115 Å². The van der Waals surface area contributed by atoms with Crippen LogP contribution in [0.3, 0.4) is 0 Å². The smallest absolute Gasteiger partial charge is 0.270 e. The van der Waals surface area contributed by atoms with Crippen molar-refractivity contribution in [2.45, 2.75) is 18.9 Å². The minimum atomic E-state index is -0.565. The number of nitrogens with zero attached hydrogens (tertiary/aromatic N) is 2. The monoisotopic (exact) mass is 280 g/mol. The number of hydrogen-bond donors (Lipinski definition) is 3. The number of aliphatic hydroxyl groups excluding tert-OH is 1. The lowest BCUT2D eigenvalue weighted by Gasteiger charge is -2.24. The Morgan fingerprint density at radius 1 is 1.60 bits per heavy atom. The van der Waals surface area contributed by atoms with Crippen LogP contribution in [0.1, 0.15) is 23.2 Å². The van der Waals surface area contributed by atoms with E-state index in [1.807, 2.05) is 0 Å². The molecule has 1 atom stereocenters. The van der Waals surface area contributed by atoms with E-state index in [1.165, 1.54) is 23.1 Å². The molecule has 108 valence electrons. The SMILES string of the molecule is NNc1ccc([N+](=O)[O-])cc1C(=O)N1CCCC1CO. The second-order valence-corrected chi connectivity index (χ2v) is 4.61. The van der Waals surface area contributed by atoms with Crippen molar-refractivity contribution in [1.29, 1.82) is 0 Å². The van der Waals surface area contributed by atoms with Crippen LogP contribution in [0.15, 0.2) is 18.2 Å². The molecule has 1 aromatic carbocycles. The summed E-state index contributed by atoms with van der Waals surface area (Å²) in [5.74, 6) is 4.98. The molecule has 1 heterocycles. The van der Waals surface area contributed by atoms with Crippen LogP contribution >= 0.6 is 0 Å². The molecule has 0 spiro atoms. The minimum absolute atomic E-state index is 0.119. The maximum absolute atomic E-state index is 12.5. The van der Waals surface area contributed by atoms with Gasteiger partial charge in [-0.2, -0.15) is 0 Å². The van der Waals surface area contributed by atoms with Crippen LogP contribution in [0.4, 0.5) is 11.4 Å². The first-order valence-corrected chi connectivity index (χ1v) is 6.25. The number of hydrazine groups is 1. The van der Waals surface area contributed by atoms with Gasteiger partial charge in [0.1, 0.15) is 0 Å². The Morgan fingerprint density at radius 3 is 2.95 bits per heavy atom. The number of nitro groups is 1. The second-order valence-electron chi connectivity index (χ2n) is 4.61. The van der Waals surface area contributed by atoms with Crippen molar-refractivity contribution >= 4 is 17.3 Å². The standard InChI is InChI=1S/C12H16N4O4/c13-14-11-4-3-8(16(19)20)6-10(11)12(18)15-5-1-2-9(15)7-17/h3-4,6,9,14,17H,1-2,5,7,13H2. The van der Waals surface area contributed by atoms with Crippen molar-refractivity contribution in [2.75, 3.05) is 18.6 Å². The van der Waals surface area contributed by atoms with Crippen LogP contribution in [-0.2, 0) is 0 Å². The van der Waals surface area contributed by atoms with Crippen molar-refractivity contribution in [1.82, 2.24) is 4.90 Å². The highest BCUT2D eigenvalue weighted by Crippen LogP contribution is 2.26. The van der Waals surface area contributed by atoms with E-state index < -0.39 is 4.92 Å². The van der Waals surface area contributed by atoms with Gasteiger partial charge in [0.15, 0.2) is 0 Å². The van der Waals surface area contributed by atoms with Crippen LogP contribution < -0.4 is 11.3 Å². The highest BCUT2D eigenvalue weighted by Gasteiger charge is 2.30. The first-order chi connectivity index (χ1) is 9.58. The molecule has 0 aliphatic carbocycles. The molecule has 1 amide bonds. The number of benzene rings is 1. The summed E-state index contributed by atoms with van der Waals surface area (Å²) in [5.41, 5.74) is 2.66. The highest BCUT2D eigenvalue weighted by atomic mass is 16.6. The summed E-state index contributed by atoms with van der Waals surface area (Å²) in [6.45, 7) is 0.406. The lowest BCUT2D eigenvalue weighted by atomic mass is 10.1. The summed E-state index contributed by atoms with van der Waals surface area (Å²) in [7, 11) is 0. The zero-order valence-electron chi connectivity index (χ0n) is 10.8. The zero-order chi connectivity index (χ0) is 14.7. The van der Waals surface area contributed by atoms with Gasteiger partial charge >= 0.3 is 0 Å². The number of carbonyl (C=O) groups excluding carboxylic acids is 1. The Kier molecular flexibility index (Phi) is 4.16. The lowest BCUT2D eigenvalue weighted by Crippen LogP contribution is -2.38. The Balaban J connectivity index is 2.37. The highest BCUT2D eigenvalue weighted by molar-refractivity contribution is 6.00. The van der Waals surface area contributed by atoms with Crippen LogP contribution in [0.5, 0.6) is 0 Å². The van der Waals surface area contributed by atoms with Crippen LogP contribution in [-0.4, -0.2) is 40.0 Å². The molecule has 1 aliphatic heterocycles. The number of nitro benzene ring substituents is 1. The van der Waals surface area contributed by atoms with E-state index in [0.717, 1.165) is 12.8 Å². The van der Waals surface area contributed by atoms with Gasteiger partial charge in [-0.05, 0) is 18.9 Å². The van der Waals surface area contributed by atoms with E-state index in [0.29, 0.717) is 12.2 Å². The molecule has 1 aromatic rings. The van der Waals surface area contributed by atoms with Crippen molar-refractivity contribution in [3.05, 3.63) is 33.9 Å². The number of nitrogen functional groups attached to an aromatic ring is 1. The predicted octanol–water partition coefficient (Wildman–Crippen LogP) is 0.477. The maximum Gasteiger partial charge on any atom is 0.270 e. The average molecular weight is 280 g/mol. The Morgan fingerprint density at radius 2 is 2.35 bits per heavy atom. The summed E-state index contributed by atoms with van der Waals surface area (Å²) >= 11 is 0. The van der Waals surface area contributed by atoms with Gasteiger partial charge in [0, 0.05) is 18.7 Å². The van der Waals surface area contributed by atoms with Crippen molar-refractivity contribution in [2.24, 2.45) is 5.84 Å². The largest absolute Gasteiger partial charge is 0.394 e. The molecule has 2 rings (SSSR count). The molecule has 4 N–H and O–H groups in total. The number of nitrogens with one attached hydrogen (secondary N) is 1. The maximum atomic E-state index is 12.5. The van der Waals surface area contributed by atoms with E-state index in [1.54, 1.807) is 0 Å². The van der Waals surface area contributed by atoms with Gasteiger partial charge in [0.25, 0.3) is 11.6 Å². The number of likely N-dealkylation sites (tertiary alicyclic amines) is 1.